The molecule has 0 aliphatic heterocycles. The summed E-state index contributed by atoms with van der Waals surface area (Å²) in [5.41, 5.74) is -0.187. The molecule has 0 spiro atoms. The van der Waals surface area contributed by atoms with Gasteiger partial charge in [0.1, 0.15) is 6.61 Å². The van der Waals surface area contributed by atoms with Crippen molar-refractivity contribution in [1.29, 1.82) is 0 Å². The van der Waals surface area contributed by atoms with Gasteiger partial charge in [-0.05, 0) is 39.0 Å². The molecule has 1 amide bonds. The third kappa shape index (κ3) is 5.48. The summed E-state index contributed by atoms with van der Waals surface area (Å²) in [5.74, 6) is -0.396. The molecule has 0 fully saturated rings. The summed E-state index contributed by atoms with van der Waals surface area (Å²) in [7, 11) is -3.35. The standard InChI is InChI=1S/C13H18ClNO4S/c1-13(2,3)19-8-12(16)15-11-7-9(20(4,17)18)5-6-10(11)14/h5-7H,8H2,1-4H3,(H,15,16). The number of ether oxygens (including phenoxy) is 1. The second-order valence-corrected chi connectivity index (χ2v) is 7.79. The van der Waals surface area contributed by atoms with E-state index in [1.165, 1.54) is 18.2 Å². The van der Waals surface area contributed by atoms with Crippen molar-refractivity contribution in [2.45, 2.75) is 31.3 Å². The van der Waals surface area contributed by atoms with Gasteiger partial charge in [0, 0.05) is 6.26 Å². The molecule has 0 radical (unpaired) electrons. The van der Waals surface area contributed by atoms with E-state index in [4.69, 9.17) is 16.3 Å². The maximum atomic E-state index is 11.7. The molecule has 1 rings (SSSR count). The number of benzene rings is 1. The van der Waals surface area contributed by atoms with Gasteiger partial charge in [-0.2, -0.15) is 0 Å². The third-order valence-electron chi connectivity index (χ3n) is 2.28. The quantitative estimate of drug-likeness (QED) is 0.925. The summed E-state index contributed by atoms with van der Waals surface area (Å²) >= 11 is 5.93. The highest BCUT2D eigenvalue weighted by molar-refractivity contribution is 7.90. The van der Waals surface area contributed by atoms with Gasteiger partial charge < -0.3 is 10.1 Å². The van der Waals surface area contributed by atoms with Crippen molar-refractivity contribution in [1.82, 2.24) is 0 Å². The molecule has 1 aromatic carbocycles. The summed E-state index contributed by atoms with van der Waals surface area (Å²) < 4.78 is 28.2. The van der Waals surface area contributed by atoms with Gasteiger partial charge in [-0.25, -0.2) is 8.42 Å². The third-order valence-corrected chi connectivity index (χ3v) is 3.72. The van der Waals surface area contributed by atoms with Gasteiger partial charge >= 0.3 is 0 Å². The van der Waals surface area contributed by atoms with Crippen LogP contribution in [0, 0.1) is 0 Å². The van der Waals surface area contributed by atoms with Crippen LogP contribution in [0.2, 0.25) is 5.02 Å². The van der Waals surface area contributed by atoms with Gasteiger partial charge in [-0.15, -0.1) is 0 Å². The maximum absolute atomic E-state index is 11.7. The minimum absolute atomic E-state index is 0.0916. The van der Waals surface area contributed by atoms with Gasteiger partial charge in [-0.3, -0.25) is 4.79 Å². The van der Waals surface area contributed by atoms with Crippen LogP contribution in [-0.2, 0) is 19.4 Å². The van der Waals surface area contributed by atoms with Crippen LogP contribution in [-0.4, -0.2) is 32.8 Å². The Morgan fingerprint density at radius 1 is 1.35 bits per heavy atom. The van der Waals surface area contributed by atoms with Crippen LogP contribution in [0.3, 0.4) is 0 Å². The predicted octanol–water partition coefficient (Wildman–Crippen LogP) is 2.50. The fourth-order valence-corrected chi connectivity index (χ4v) is 2.11. The molecule has 1 N–H and O–H groups in total. The van der Waals surface area contributed by atoms with E-state index in [2.05, 4.69) is 5.32 Å². The normalized spacial score (nSPS) is 12.2. The average Bonchev–Trinajstić information content (AvgIpc) is 2.27. The monoisotopic (exact) mass is 319 g/mol. The van der Waals surface area contributed by atoms with E-state index in [0.717, 1.165) is 6.26 Å². The number of hydrogen-bond acceptors (Lipinski definition) is 4. The summed E-state index contributed by atoms with van der Waals surface area (Å²) in [6.07, 6.45) is 1.09. The highest BCUT2D eigenvalue weighted by Crippen LogP contribution is 2.25. The van der Waals surface area contributed by atoms with Crippen LogP contribution < -0.4 is 5.32 Å². The fourth-order valence-electron chi connectivity index (χ4n) is 1.30. The van der Waals surface area contributed by atoms with Gasteiger partial charge in [0.05, 0.1) is 21.2 Å². The lowest BCUT2D eigenvalue weighted by Crippen LogP contribution is -2.27. The Morgan fingerprint density at radius 2 is 1.95 bits per heavy atom. The van der Waals surface area contributed by atoms with E-state index >= 15 is 0 Å². The number of anilines is 1. The van der Waals surface area contributed by atoms with E-state index in [1.807, 2.05) is 20.8 Å². The van der Waals surface area contributed by atoms with Crippen LogP contribution in [0.4, 0.5) is 5.69 Å². The first-order valence-electron chi connectivity index (χ1n) is 5.92. The number of amides is 1. The smallest absolute Gasteiger partial charge is 0.250 e. The van der Waals surface area contributed by atoms with Crippen LogP contribution in [0.5, 0.6) is 0 Å². The molecule has 7 heteroatoms. The van der Waals surface area contributed by atoms with E-state index < -0.39 is 21.3 Å². The van der Waals surface area contributed by atoms with Crippen molar-refractivity contribution in [3.8, 4) is 0 Å². The average molecular weight is 320 g/mol. The molecule has 0 aliphatic carbocycles. The van der Waals surface area contributed by atoms with Gasteiger partial charge in [0.15, 0.2) is 9.84 Å². The van der Waals surface area contributed by atoms with Gasteiger partial charge in [-0.1, -0.05) is 11.6 Å². The lowest BCUT2D eigenvalue weighted by molar-refractivity contribution is -0.125. The van der Waals surface area contributed by atoms with E-state index in [-0.39, 0.29) is 22.2 Å². The number of carbonyl (C=O) groups is 1. The van der Waals surface area contributed by atoms with Gasteiger partial charge in [0.2, 0.25) is 5.91 Å². The molecule has 0 bridgehead atoms. The summed E-state index contributed by atoms with van der Waals surface area (Å²) in [6, 6.07) is 4.14. The summed E-state index contributed by atoms with van der Waals surface area (Å²) in [6.45, 7) is 5.36. The molecule has 0 atom stereocenters. The Labute approximate surface area is 124 Å². The van der Waals surface area contributed by atoms with Crippen LogP contribution in [0.15, 0.2) is 23.1 Å². The Bertz CT molecular complexity index is 605. The van der Waals surface area contributed by atoms with Crippen molar-refractivity contribution in [3.05, 3.63) is 23.2 Å². The molecule has 1 aromatic rings. The first-order valence-corrected chi connectivity index (χ1v) is 8.19. The number of nitrogens with one attached hydrogen (secondary N) is 1. The number of halogens is 1. The largest absolute Gasteiger partial charge is 0.366 e. The first kappa shape index (κ1) is 16.9. The minimum atomic E-state index is -3.35. The molecule has 0 saturated heterocycles. The Morgan fingerprint density at radius 3 is 2.45 bits per heavy atom. The van der Waals surface area contributed by atoms with E-state index in [9.17, 15) is 13.2 Å². The lowest BCUT2D eigenvalue weighted by atomic mass is 10.2. The van der Waals surface area contributed by atoms with Crippen LogP contribution in [0.25, 0.3) is 0 Å². The molecular formula is C13H18ClNO4S. The molecule has 0 aliphatic rings. The first-order chi connectivity index (χ1) is 8.99. The SMILES string of the molecule is CC(C)(C)OCC(=O)Nc1cc(S(C)(=O)=O)ccc1Cl. The molecule has 0 heterocycles. The summed E-state index contributed by atoms with van der Waals surface area (Å²) in [4.78, 5) is 11.8. The maximum Gasteiger partial charge on any atom is 0.250 e. The van der Waals surface area contributed by atoms with E-state index in [1.54, 1.807) is 0 Å². The number of sulfone groups is 1. The molecule has 0 saturated carbocycles. The highest BCUT2D eigenvalue weighted by atomic mass is 35.5. The topological polar surface area (TPSA) is 72.5 Å². The zero-order valence-corrected chi connectivity index (χ0v) is 13.4. The molecule has 5 nitrogen and oxygen atoms in total. The Balaban J connectivity index is 2.85. The highest BCUT2D eigenvalue weighted by Gasteiger charge is 2.15. The van der Waals surface area contributed by atoms with Gasteiger partial charge in [0.25, 0.3) is 0 Å². The number of hydrogen-bond donors (Lipinski definition) is 1. The Hall–Kier alpha value is -1.11. The van der Waals surface area contributed by atoms with Crippen molar-refractivity contribution < 1.29 is 17.9 Å². The van der Waals surface area contributed by atoms with Crippen molar-refractivity contribution in [2.24, 2.45) is 0 Å². The van der Waals surface area contributed by atoms with Crippen LogP contribution >= 0.6 is 11.6 Å². The number of rotatable bonds is 4. The lowest BCUT2D eigenvalue weighted by Gasteiger charge is -2.19. The zero-order valence-electron chi connectivity index (χ0n) is 11.9. The number of carbonyl (C=O) groups excluding carboxylic acids is 1. The second kappa shape index (κ2) is 6.11. The molecule has 0 unspecified atom stereocenters. The van der Waals surface area contributed by atoms with Crippen molar-refractivity contribution >= 4 is 33.0 Å². The zero-order chi connectivity index (χ0) is 15.6. The predicted molar refractivity (Wildman–Crippen MR) is 78.9 cm³/mol. The summed E-state index contributed by atoms with van der Waals surface area (Å²) in [5, 5.41) is 2.80. The fraction of sp³-hybridized carbons (Fsp3) is 0.462. The molecule has 20 heavy (non-hydrogen) atoms. The molecule has 0 aromatic heterocycles. The minimum Gasteiger partial charge on any atom is -0.366 e. The van der Waals surface area contributed by atoms with Crippen molar-refractivity contribution in [3.63, 3.8) is 0 Å². The molecule has 112 valence electrons. The Kier molecular flexibility index (Phi) is 5.18. The van der Waals surface area contributed by atoms with E-state index in [0.29, 0.717) is 0 Å². The molecular weight excluding hydrogens is 302 g/mol. The van der Waals surface area contributed by atoms with Crippen LogP contribution in [0.1, 0.15) is 20.8 Å². The second-order valence-electron chi connectivity index (χ2n) is 5.36. The van der Waals surface area contributed by atoms with Crippen molar-refractivity contribution in [2.75, 3.05) is 18.2 Å².